The monoisotopic (exact) mass is 190 g/mol. The summed E-state index contributed by atoms with van der Waals surface area (Å²) in [5.41, 5.74) is 1.82. The smallest absolute Gasteiger partial charge is 0.271 e. The molecular weight excluding hydrogens is 176 g/mol. The fourth-order valence-corrected chi connectivity index (χ4v) is 1.07. The van der Waals surface area contributed by atoms with E-state index in [1.165, 1.54) is 4.90 Å². The first-order valence-electron chi connectivity index (χ1n) is 4.39. The number of hydrogen-bond donors (Lipinski definition) is 1. The molecule has 74 valence electrons. The van der Waals surface area contributed by atoms with E-state index in [4.69, 9.17) is 5.41 Å². The van der Waals surface area contributed by atoms with E-state index in [0.717, 1.165) is 5.56 Å². The number of hydrogen-bond acceptors (Lipinski definition) is 2. The Balaban J connectivity index is 2.90. The lowest BCUT2D eigenvalue weighted by Crippen LogP contribution is -2.29. The Morgan fingerprint density at radius 1 is 1.21 bits per heavy atom. The molecule has 0 radical (unpaired) electrons. The van der Waals surface area contributed by atoms with E-state index < -0.39 is 0 Å². The van der Waals surface area contributed by atoms with Gasteiger partial charge in [0.15, 0.2) is 0 Å². The van der Waals surface area contributed by atoms with Crippen LogP contribution in [-0.4, -0.2) is 30.6 Å². The largest absolute Gasteiger partial charge is 0.343 e. The summed E-state index contributed by atoms with van der Waals surface area (Å²) in [5.74, 6) is -0.270. The summed E-state index contributed by atoms with van der Waals surface area (Å²) >= 11 is 0. The highest BCUT2D eigenvalue weighted by Gasteiger charge is 2.12. The summed E-state index contributed by atoms with van der Waals surface area (Å²) < 4.78 is 0. The molecule has 0 saturated heterocycles. The molecule has 0 saturated carbocycles. The van der Waals surface area contributed by atoms with Crippen LogP contribution in [0.3, 0.4) is 0 Å². The van der Waals surface area contributed by atoms with Gasteiger partial charge in [-0.2, -0.15) is 0 Å². The fourth-order valence-electron chi connectivity index (χ4n) is 1.07. The van der Waals surface area contributed by atoms with E-state index in [9.17, 15) is 4.79 Å². The normalized spacial score (nSPS) is 9.64. The molecule has 1 N–H and O–H groups in total. The minimum Gasteiger partial charge on any atom is -0.343 e. The predicted molar refractivity (Wildman–Crippen MR) is 56.7 cm³/mol. The first-order valence-corrected chi connectivity index (χ1v) is 4.39. The number of nitrogens with zero attached hydrogens (tertiary/aromatic N) is 1. The van der Waals surface area contributed by atoms with Gasteiger partial charge in [0.25, 0.3) is 5.91 Å². The van der Waals surface area contributed by atoms with Crippen molar-refractivity contribution in [3.05, 3.63) is 35.4 Å². The van der Waals surface area contributed by atoms with Crippen molar-refractivity contribution in [2.45, 2.75) is 6.92 Å². The summed E-state index contributed by atoms with van der Waals surface area (Å²) in [6.07, 6.45) is 0. The first kappa shape index (κ1) is 10.4. The Hall–Kier alpha value is -1.64. The van der Waals surface area contributed by atoms with Crippen molar-refractivity contribution >= 4 is 11.6 Å². The van der Waals surface area contributed by atoms with Gasteiger partial charge in [0, 0.05) is 19.7 Å². The summed E-state index contributed by atoms with van der Waals surface area (Å²) in [4.78, 5) is 12.8. The maximum atomic E-state index is 11.4. The predicted octanol–water partition coefficient (Wildman–Crippen LogP) is 1.45. The van der Waals surface area contributed by atoms with Crippen molar-refractivity contribution in [3.8, 4) is 0 Å². The van der Waals surface area contributed by atoms with Gasteiger partial charge < -0.3 is 4.90 Å². The molecule has 0 heterocycles. The minimum absolute atomic E-state index is 0.0370. The molecule has 0 fully saturated rings. The van der Waals surface area contributed by atoms with Crippen molar-refractivity contribution in [2.24, 2.45) is 0 Å². The number of benzene rings is 1. The van der Waals surface area contributed by atoms with E-state index in [2.05, 4.69) is 0 Å². The number of carbonyl (C=O) groups is 1. The maximum Gasteiger partial charge on any atom is 0.271 e. The second-order valence-electron chi connectivity index (χ2n) is 3.44. The molecule has 1 aromatic carbocycles. The lowest BCUT2D eigenvalue weighted by Gasteiger charge is -2.10. The zero-order valence-corrected chi connectivity index (χ0v) is 8.66. The summed E-state index contributed by atoms with van der Waals surface area (Å²) in [6, 6.07) is 7.37. The molecule has 1 rings (SSSR count). The van der Waals surface area contributed by atoms with Crippen LogP contribution in [0.5, 0.6) is 0 Å². The Labute approximate surface area is 83.9 Å². The van der Waals surface area contributed by atoms with Crippen molar-refractivity contribution in [3.63, 3.8) is 0 Å². The van der Waals surface area contributed by atoms with Gasteiger partial charge in [-0.25, -0.2) is 0 Å². The van der Waals surface area contributed by atoms with Gasteiger partial charge in [-0.3, -0.25) is 10.2 Å². The summed E-state index contributed by atoms with van der Waals surface area (Å²) in [7, 11) is 3.29. The fraction of sp³-hybridized carbons (Fsp3) is 0.273. The van der Waals surface area contributed by atoms with Gasteiger partial charge >= 0.3 is 0 Å². The quantitative estimate of drug-likeness (QED) is 0.705. The zero-order valence-electron chi connectivity index (χ0n) is 8.66. The van der Waals surface area contributed by atoms with Crippen LogP contribution in [0.15, 0.2) is 24.3 Å². The number of likely N-dealkylation sites (N-methyl/N-ethyl adjacent to an activating group) is 1. The molecular formula is C11H14N2O. The third-order valence-corrected chi connectivity index (χ3v) is 1.96. The van der Waals surface area contributed by atoms with Gasteiger partial charge in [0.2, 0.25) is 0 Å². The molecule has 0 aromatic heterocycles. The third kappa shape index (κ3) is 2.19. The Bertz CT molecular complexity index is 352. The van der Waals surface area contributed by atoms with E-state index >= 15 is 0 Å². The highest BCUT2D eigenvalue weighted by Crippen LogP contribution is 2.04. The van der Waals surface area contributed by atoms with Crippen molar-refractivity contribution in [2.75, 3.05) is 14.1 Å². The Morgan fingerprint density at radius 2 is 1.71 bits per heavy atom. The van der Waals surface area contributed by atoms with Crippen molar-refractivity contribution in [1.82, 2.24) is 4.90 Å². The van der Waals surface area contributed by atoms with E-state index in [1.807, 2.05) is 19.1 Å². The number of amides is 1. The van der Waals surface area contributed by atoms with Crippen LogP contribution >= 0.6 is 0 Å². The molecule has 1 aromatic rings. The van der Waals surface area contributed by atoms with E-state index in [-0.39, 0.29) is 11.6 Å². The lowest BCUT2D eigenvalue weighted by atomic mass is 10.1. The molecule has 14 heavy (non-hydrogen) atoms. The van der Waals surface area contributed by atoms with Gasteiger partial charge in [-0.1, -0.05) is 29.8 Å². The number of carbonyl (C=O) groups excluding carboxylic acids is 1. The van der Waals surface area contributed by atoms with Gasteiger partial charge in [-0.15, -0.1) is 0 Å². The van der Waals surface area contributed by atoms with Crippen LogP contribution in [0.25, 0.3) is 0 Å². The second kappa shape index (κ2) is 4.05. The van der Waals surface area contributed by atoms with Crippen LogP contribution in [0.4, 0.5) is 0 Å². The van der Waals surface area contributed by atoms with Crippen LogP contribution in [0.2, 0.25) is 0 Å². The molecule has 0 unspecified atom stereocenters. The van der Waals surface area contributed by atoms with Crippen LogP contribution in [0, 0.1) is 12.3 Å². The zero-order chi connectivity index (χ0) is 10.7. The molecule has 3 heteroatoms. The van der Waals surface area contributed by atoms with Crippen LogP contribution in [0.1, 0.15) is 11.1 Å². The third-order valence-electron chi connectivity index (χ3n) is 1.96. The number of aryl methyl sites for hydroxylation is 1. The van der Waals surface area contributed by atoms with Crippen molar-refractivity contribution in [1.29, 1.82) is 5.41 Å². The molecule has 0 aliphatic carbocycles. The van der Waals surface area contributed by atoms with Gasteiger partial charge in [0.05, 0.1) is 0 Å². The van der Waals surface area contributed by atoms with Crippen LogP contribution in [-0.2, 0) is 4.79 Å². The van der Waals surface area contributed by atoms with E-state index in [1.54, 1.807) is 26.2 Å². The molecule has 0 spiro atoms. The SMILES string of the molecule is Cc1ccc(C(=N)C(=O)N(C)C)cc1. The standard InChI is InChI=1S/C11H14N2O/c1-8-4-6-9(7-5-8)10(12)11(14)13(2)3/h4-7,12H,1-3H3. The second-order valence-corrected chi connectivity index (χ2v) is 3.44. The topological polar surface area (TPSA) is 44.2 Å². The molecule has 3 nitrogen and oxygen atoms in total. The highest BCUT2D eigenvalue weighted by atomic mass is 16.2. The lowest BCUT2D eigenvalue weighted by molar-refractivity contribution is -0.121. The summed E-state index contributed by atoms with van der Waals surface area (Å²) in [6.45, 7) is 1.97. The Morgan fingerprint density at radius 3 is 2.14 bits per heavy atom. The molecule has 1 amide bonds. The average molecular weight is 190 g/mol. The molecule has 0 aliphatic rings. The molecule has 0 atom stereocenters. The molecule has 0 aliphatic heterocycles. The average Bonchev–Trinajstić information content (AvgIpc) is 2.16. The summed E-state index contributed by atoms with van der Waals surface area (Å²) in [5, 5.41) is 7.65. The Kier molecular flexibility index (Phi) is 3.02. The maximum absolute atomic E-state index is 11.4. The van der Waals surface area contributed by atoms with E-state index in [0.29, 0.717) is 5.56 Å². The van der Waals surface area contributed by atoms with Gasteiger partial charge in [0.1, 0.15) is 5.71 Å². The van der Waals surface area contributed by atoms with Gasteiger partial charge in [-0.05, 0) is 6.92 Å². The highest BCUT2D eigenvalue weighted by molar-refractivity contribution is 6.43. The van der Waals surface area contributed by atoms with Crippen molar-refractivity contribution < 1.29 is 4.79 Å². The van der Waals surface area contributed by atoms with Crippen LogP contribution < -0.4 is 0 Å². The first-order chi connectivity index (χ1) is 6.52. The number of rotatable bonds is 2. The minimum atomic E-state index is -0.270. The molecule has 0 bridgehead atoms. The number of nitrogens with one attached hydrogen (secondary N) is 1.